The zero-order valence-corrected chi connectivity index (χ0v) is 14.1. The van der Waals surface area contributed by atoms with Crippen LogP contribution < -0.4 is 26.7 Å². The van der Waals surface area contributed by atoms with Crippen LogP contribution >= 0.6 is 0 Å². The predicted molar refractivity (Wildman–Crippen MR) is 98.9 cm³/mol. The lowest BCUT2D eigenvalue weighted by Gasteiger charge is -2.32. The van der Waals surface area contributed by atoms with Gasteiger partial charge in [-0.15, -0.1) is 0 Å². The van der Waals surface area contributed by atoms with Crippen molar-refractivity contribution in [3.8, 4) is 0 Å². The third kappa shape index (κ3) is 2.59. The van der Waals surface area contributed by atoms with Crippen molar-refractivity contribution in [2.45, 2.75) is 13.8 Å². The Morgan fingerprint density at radius 1 is 0.920 bits per heavy atom. The Morgan fingerprint density at radius 2 is 1.56 bits per heavy atom. The lowest BCUT2D eigenvalue weighted by atomic mass is 10.1. The van der Waals surface area contributed by atoms with Gasteiger partial charge in [0.05, 0.1) is 22.4 Å². The number of aryl methyl sites for hydroxylation is 1. The number of benzene rings is 2. The minimum atomic E-state index is -0.340. The molecule has 0 saturated heterocycles. The van der Waals surface area contributed by atoms with E-state index in [9.17, 15) is 4.79 Å². The van der Waals surface area contributed by atoms with E-state index in [4.69, 9.17) is 0 Å². The van der Waals surface area contributed by atoms with Gasteiger partial charge in [-0.25, -0.2) is 4.79 Å². The summed E-state index contributed by atoms with van der Waals surface area (Å²) >= 11 is 0. The number of hydrogen-bond acceptors (Lipinski definition) is 4. The van der Waals surface area contributed by atoms with Crippen molar-refractivity contribution < 1.29 is 0 Å². The van der Waals surface area contributed by atoms with Crippen LogP contribution in [0.3, 0.4) is 0 Å². The Kier molecular flexibility index (Phi) is 3.61. The fourth-order valence-corrected chi connectivity index (χ4v) is 3.25. The summed E-state index contributed by atoms with van der Waals surface area (Å²) in [5.74, 6) is 0. The molecule has 5 nitrogen and oxygen atoms in total. The second kappa shape index (κ2) is 5.94. The van der Waals surface area contributed by atoms with Gasteiger partial charge in [-0.1, -0.05) is 48.5 Å². The van der Waals surface area contributed by atoms with Crippen molar-refractivity contribution in [1.29, 1.82) is 0 Å². The first kappa shape index (κ1) is 15.2. The van der Waals surface area contributed by atoms with Gasteiger partial charge in [-0.2, -0.15) is 4.98 Å². The number of aromatic amines is 1. The van der Waals surface area contributed by atoms with Gasteiger partial charge in [-0.3, -0.25) is 10.4 Å². The summed E-state index contributed by atoms with van der Waals surface area (Å²) in [6.45, 7) is 3.85. The summed E-state index contributed by atoms with van der Waals surface area (Å²) in [7, 11) is 0. The maximum atomic E-state index is 12.1. The molecule has 0 atom stereocenters. The third-order valence-corrected chi connectivity index (χ3v) is 4.29. The Bertz CT molecular complexity index is 1100. The van der Waals surface area contributed by atoms with Gasteiger partial charge in [0.2, 0.25) is 0 Å². The Balaban J connectivity index is 2.15. The summed E-state index contributed by atoms with van der Waals surface area (Å²) in [4.78, 5) is 19.1. The van der Waals surface area contributed by atoms with Gasteiger partial charge in [0, 0.05) is 16.5 Å². The average Bonchev–Trinajstić information content (AvgIpc) is 2.62. The van der Waals surface area contributed by atoms with E-state index >= 15 is 0 Å². The van der Waals surface area contributed by atoms with E-state index in [1.54, 1.807) is 0 Å². The van der Waals surface area contributed by atoms with Crippen LogP contribution in [0.4, 0.5) is 5.69 Å². The van der Waals surface area contributed by atoms with Crippen LogP contribution in [0, 0.1) is 6.92 Å². The van der Waals surface area contributed by atoms with Crippen molar-refractivity contribution in [3.63, 3.8) is 0 Å². The molecule has 0 bridgehead atoms. The molecule has 0 unspecified atom stereocenters. The lowest BCUT2D eigenvalue weighted by Crippen LogP contribution is -2.53. The SMILES string of the molecule is CC1=c2c(C)nc(=O)[nH]c2=C(c2ccccc2)N(c2ccccc2)N1. The van der Waals surface area contributed by atoms with Gasteiger partial charge < -0.3 is 4.98 Å². The lowest BCUT2D eigenvalue weighted by molar-refractivity contribution is 0.845. The van der Waals surface area contributed by atoms with Gasteiger partial charge in [0.25, 0.3) is 0 Å². The molecule has 1 aliphatic heterocycles. The zero-order valence-electron chi connectivity index (χ0n) is 14.1. The van der Waals surface area contributed by atoms with Gasteiger partial charge in [0.1, 0.15) is 0 Å². The molecule has 0 saturated carbocycles. The highest BCUT2D eigenvalue weighted by Gasteiger charge is 2.21. The van der Waals surface area contributed by atoms with Crippen LogP contribution in [0.25, 0.3) is 11.4 Å². The van der Waals surface area contributed by atoms with Gasteiger partial charge in [0.15, 0.2) is 0 Å². The summed E-state index contributed by atoms with van der Waals surface area (Å²) in [6, 6.07) is 20.0. The molecule has 0 amide bonds. The van der Waals surface area contributed by atoms with Gasteiger partial charge in [-0.05, 0) is 26.0 Å². The molecule has 0 aliphatic carbocycles. The van der Waals surface area contributed by atoms with Crippen molar-refractivity contribution in [2.75, 3.05) is 5.01 Å². The monoisotopic (exact) mass is 330 g/mol. The molecule has 4 rings (SSSR count). The summed E-state index contributed by atoms with van der Waals surface area (Å²) < 4.78 is 0. The standard InChI is InChI=1S/C20H18N4O/c1-13-17-14(2)23-24(16-11-7-4-8-12-16)19(15-9-5-3-6-10-15)18(17)22-20(25)21-13/h3-12,23H,1-2H3,(H,22,25). The van der Waals surface area contributed by atoms with Crippen LogP contribution in [-0.2, 0) is 0 Å². The summed E-state index contributed by atoms with van der Waals surface area (Å²) in [6.07, 6.45) is 0. The third-order valence-electron chi connectivity index (χ3n) is 4.29. The number of anilines is 1. The van der Waals surface area contributed by atoms with Crippen molar-refractivity contribution in [3.05, 3.63) is 93.0 Å². The fourth-order valence-electron chi connectivity index (χ4n) is 3.25. The molecule has 1 aromatic heterocycles. The molecule has 3 aromatic rings. The molecule has 0 radical (unpaired) electrons. The van der Waals surface area contributed by atoms with Crippen molar-refractivity contribution in [1.82, 2.24) is 15.4 Å². The van der Waals surface area contributed by atoms with Gasteiger partial charge >= 0.3 is 5.69 Å². The van der Waals surface area contributed by atoms with E-state index in [1.165, 1.54) is 0 Å². The van der Waals surface area contributed by atoms with Crippen molar-refractivity contribution >= 4 is 17.1 Å². The largest absolute Gasteiger partial charge is 0.345 e. The minimum absolute atomic E-state index is 0.340. The number of hydrazine groups is 1. The molecule has 124 valence electrons. The van der Waals surface area contributed by atoms with Crippen LogP contribution in [0.1, 0.15) is 18.2 Å². The number of aromatic nitrogens is 2. The molecule has 2 heterocycles. The Labute approximate surface area is 145 Å². The molecular formula is C20H18N4O. The van der Waals surface area contributed by atoms with E-state index < -0.39 is 0 Å². The molecule has 1 aliphatic rings. The van der Waals surface area contributed by atoms with Crippen LogP contribution in [0.5, 0.6) is 0 Å². The van der Waals surface area contributed by atoms with Crippen LogP contribution in [0.2, 0.25) is 0 Å². The van der Waals surface area contributed by atoms with Crippen molar-refractivity contribution in [2.24, 2.45) is 0 Å². The van der Waals surface area contributed by atoms with E-state index in [1.807, 2.05) is 79.5 Å². The predicted octanol–water partition coefficient (Wildman–Crippen LogP) is 1.39. The first-order valence-corrected chi connectivity index (χ1v) is 8.14. The molecule has 0 fully saturated rings. The highest BCUT2D eigenvalue weighted by atomic mass is 16.1. The Hall–Kier alpha value is -3.34. The van der Waals surface area contributed by atoms with Crippen LogP contribution in [0.15, 0.2) is 65.5 Å². The maximum Gasteiger partial charge on any atom is 0.345 e. The molecular weight excluding hydrogens is 312 g/mol. The number of nitrogens with zero attached hydrogens (tertiary/aromatic N) is 2. The Morgan fingerprint density at radius 3 is 2.24 bits per heavy atom. The first-order chi connectivity index (χ1) is 12.1. The summed E-state index contributed by atoms with van der Waals surface area (Å²) in [5, 5.41) is 3.72. The smallest absolute Gasteiger partial charge is 0.303 e. The van der Waals surface area contributed by atoms with E-state index in [0.717, 1.165) is 33.2 Å². The second-order valence-corrected chi connectivity index (χ2v) is 6.00. The van der Waals surface area contributed by atoms with E-state index in [-0.39, 0.29) is 5.69 Å². The number of para-hydroxylation sites is 1. The zero-order chi connectivity index (χ0) is 17.4. The molecule has 5 heteroatoms. The number of hydrogen-bond donors (Lipinski definition) is 2. The number of nitrogens with one attached hydrogen (secondary N) is 2. The minimum Gasteiger partial charge on any atom is -0.303 e. The normalized spacial score (nSPS) is 13.4. The first-order valence-electron chi connectivity index (χ1n) is 8.14. The molecule has 2 aromatic carbocycles. The number of fused-ring (bicyclic) bond motifs is 1. The molecule has 2 N–H and O–H groups in total. The highest BCUT2D eigenvalue weighted by molar-refractivity contribution is 5.80. The highest BCUT2D eigenvalue weighted by Crippen LogP contribution is 2.23. The summed E-state index contributed by atoms with van der Waals surface area (Å²) in [5.41, 5.74) is 7.66. The van der Waals surface area contributed by atoms with E-state index in [0.29, 0.717) is 5.69 Å². The molecule has 0 spiro atoms. The van der Waals surface area contributed by atoms with E-state index in [2.05, 4.69) is 15.4 Å². The second-order valence-electron chi connectivity index (χ2n) is 6.00. The quantitative estimate of drug-likeness (QED) is 0.745. The maximum absolute atomic E-state index is 12.1. The topological polar surface area (TPSA) is 61.0 Å². The fraction of sp³-hybridized carbons (Fsp3) is 0.100. The average molecular weight is 330 g/mol. The molecule has 25 heavy (non-hydrogen) atoms. The number of rotatable bonds is 2. The number of H-pyrrole nitrogens is 1. The van der Waals surface area contributed by atoms with Crippen LogP contribution in [-0.4, -0.2) is 9.97 Å².